The van der Waals surface area contributed by atoms with Gasteiger partial charge in [-0.25, -0.2) is 27.5 Å². The fourth-order valence-electron chi connectivity index (χ4n) is 2.77. The van der Waals surface area contributed by atoms with Gasteiger partial charge in [0.2, 0.25) is 4.66 Å². The van der Waals surface area contributed by atoms with Gasteiger partial charge in [0, 0.05) is 0 Å². The molecule has 0 bridgehead atoms. The van der Waals surface area contributed by atoms with E-state index in [2.05, 4.69) is 19.7 Å². The van der Waals surface area contributed by atoms with Gasteiger partial charge in [0.05, 0.1) is 20.2 Å². The Morgan fingerprint density at radius 2 is 1.20 bits per heavy atom. The topological polar surface area (TPSA) is 82.1 Å². The van der Waals surface area contributed by atoms with Crippen LogP contribution < -0.4 is 9.33 Å². The molecule has 0 atom stereocenters. The van der Waals surface area contributed by atoms with Crippen molar-refractivity contribution in [2.45, 2.75) is 0 Å². The number of aromatic nitrogens is 2. The number of hydrogen-bond donors (Lipinski definition) is 0. The Morgan fingerprint density at radius 1 is 0.767 bits per heavy atom. The summed E-state index contributed by atoms with van der Waals surface area (Å²) in [6.45, 7) is 13.9. The SMILES string of the molecule is [C-]#[N+]C([N+]#[C-])=c1nc2c(F)c3c(F)c4sc(=C(C#N)C#N)nc4c(F)c3c(F)c2s1. The van der Waals surface area contributed by atoms with E-state index in [4.69, 9.17) is 23.7 Å². The molecule has 0 saturated heterocycles. The lowest BCUT2D eigenvalue weighted by atomic mass is 10.1. The molecule has 12 heteroatoms. The monoisotopic (exact) mass is 440 g/mol. The molecule has 4 rings (SSSR count). The Hall–Kier alpha value is -4.10. The van der Waals surface area contributed by atoms with Crippen LogP contribution in [0.15, 0.2) is 0 Å². The summed E-state index contributed by atoms with van der Waals surface area (Å²) in [5, 5.41) is 15.8. The van der Waals surface area contributed by atoms with Crippen LogP contribution in [0.3, 0.4) is 0 Å². The minimum atomic E-state index is -1.37. The first kappa shape index (κ1) is 19.2. The molecule has 0 aliphatic carbocycles. The highest BCUT2D eigenvalue weighted by Gasteiger charge is 2.28. The highest BCUT2D eigenvalue weighted by molar-refractivity contribution is 7.17. The average Bonchev–Trinajstić information content (AvgIpc) is 3.37. The maximum atomic E-state index is 15.1. The minimum Gasteiger partial charge on any atom is -0.238 e. The van der Waals surface area contributed by atoms with Crippen LogP contribution in [0.2, 0.25) is 0 Å². The summed E-state index contributed by atoms with van der Waals surface area (Å²) < 4.78 is 58.8. The largest absolute Gasteiger partial charge is 0.555 e. The van der Waals surface area contributed by atoms with E-state index in [1.165, 1.54) is 12.1 Å². The van der Waals surface area contributed by atoms with Gasteiger partial charge in [0.1, 0.15) is 41.0 Å². The molecule has 2 aromatic carbocycles. The number of fused-ring (bicyclic) bond motifs is 3. The zero-order valence-electron chi connectivity index (χ0n) is 14.0. The second-order valence-electron chi connectivity index (χ2n) is 5.55. The zero-order valence-corrected chi connectivity index (χ0v) is 15.6. The molecule has 0 saturated carbocycles. The molecule has 2 aromatic heterocycles. The van der Waals surface area contributed by atoms with Crippen molar-refractivity contribution >= 4 is 65.3 Å². The first-order valence-corrected chi connectivity index (χ1v) is 9.19. The Labute approximate surface area is 171 Å². The summed E-state index contributed by atoms with van der Waals surface area (Å²) in [6.07, 6.45) is 0. The van der Waals surface area contributed by atoms with Crippen molar-refractivity contribution in [1.82, 2.24) is 9.97 Å². The van der Waals surface area contributed by atoms with Crippen LogP contribution in [-0.4, -0.2) is 9.97 Å². The van der Waals surface area contributed by atoms with Crippen LogP contribution in [-0.2, 0) is 0 Å². The Balaban J connectivity index is 2.32. The smallest absolute Gasteiger partial charge is 0.238 e. The summed E-state index contributed by atoms with van der Waals surface area (Å²) in [4.78, 5) is 13.3. The summed E-state index contributed by atoms with van der Waals surface area (Å²) in [7, 11) is 0. The zero-order chi connectivity index (χ0) is 21.7. The van der Waals surface area contributed by atoms with E-state index < -0.39 is 65.9 Å². The molecule has 2 heterocycles. The fraction of sp³-hybridized carbons (Fsp3) is 0. The first-order chi connectivity index (χ1) is 14.4. The van der Waals surface area contributed by atoms with Crippen LogP contribution in [0.4, 0.5) is 17.6 Å². The van der Waals surface area contributed by atoms with Gasteiger partial charge >= 0.3 is 5.82 Å². The van der Waals surface area contributed by atoms with E-state index in [1.807, 2.05) is 0 Å². The Morgan fingerprint density at radius 3 is 1.63 bits per heavy atom. The molecule has 0 amide bonds. The number of nitrogens with zero attached hydrogens (tertiary/aromatic N) is 6. The molecule has 0 aliphatic heterocycles. The van der Waals surface area contributed by atoms with E-state index in [1.54, 1.807) is 0 Å². The van der Waals surface area contributed by atoms with Gasteiger partial charge in [-0.15, -0.1) is 22.7 Å². The van der Waals surface area contributed by atoms with Gasteiger partial charge in [-0.3, -0.25) is 0 Å². The molecule has 0 unspecified atom stereocenters. The Kier molecular flexibility index (Phi) is 4.33. The highest BCUT2D eigenvalue weighted by Crippen LogP contribution is 2.38. The van der Waals surface area contributed by atoms with E-state index in [0.29, 0.717) is 22.7 Å². The number of thiazole rings is 2. The van der Waals surface area contributed by atoms with Crippen LogP contribution in [0.1, 0.15) is 0 Å². The van der Waals surface area contributed by atoms with E-state index in [0.717, 1.165) is 0 Å². The molecule has 0 radical (unpaired) electrons. The summed E-state index contributed by atoms with van der Waals surface area (Å²) in [5.74, 6) is -5.92. The standard InChI is InChI=1S/C18F4N6S2/c1-25-16(26-2)18-28-13-9(20)7-6(11(22)15(13)30-18)8(19)12-14(10(7)21)29-17(27-12)5(3-23)4-24. The van der Waals surface area contributed by atoms with Gasteiger partial charge < -0.3 is 0 Å². The third kappa shape index (κ3) is 2.42. The maximum absolute atomic E-state index is 15.1. The molecule has 142 valence electrons. The summed E-state index contributed by atoms with van der Waals surface area (Å²) in [5.41, 5.74) is -1.80. The molecule has 0 spiro atoms. The number of benzene rings is 2. The van der Waals surface area contributed by atoms with Gasteiger partial charge in [-0.2, -0.15) is 20.2 Å². The highest BCUT2D eigenvalue weighted by atomic mass is 32.1. The quantitative estimate of drug-likeness (QED) is 0.308. The van der Waals surface area contributed by atoms with Crippen molar-refractivity contribution in [3.8, 4) is 12.1 Å². The van der Waals surface area contributed by atoms with Gasteiger partial charge in [0.25, 0.3) is 0 Å². The molecule has 4 aromatic rings. The van der Waals surface area contributed by atoms with Gasteiger partial charge in [0.15, 0.2) is 28.8 Å². The lowest BCUT2D eigenvalue weighted by Crippen LogP contribution is -2.01. The average molecular weight is 440 g/mol. The molecule has 6 nitrogen and oxygen atoms in total. The van der Waals surface area contributed by atoms with Crippen molar-refractivity contribution in [2.24, 2.45) is 0 Å². The molecule has 0 N–H and O–H groups in total. The second-order valence-corrected chi connectivity index (χ2v) is 7.54. The van der Waals surface area contributed by atoms with Crippen LogP contribution in [0.5, 0.6) is 0 Å². The lowest BCUT2D eigenvalue weighted by Gasteiger charge is -2.06. The summed E-state index contributed by atoms with van der Waals surface area (Å²) in [6, 6.07) is 3.07. The van der Waals surface area contributed by atoms with E-state index >= 15 is 17.6 Å². The van der Waals surface area contributed by atoms with Crippen molar-refractivity contribution in [2.75, 3.05) is 0 Å². The van der Waals surface area contributed by atoms with Crippen molar-refractivity contribution in [3.63, 3.8) is 0 Å². The van der Waals surface area contributed by atoms with Crippen molar-refractivity contribution in [3.05, 3.63) is 55.4 Å². The van der Waals surface area contributed by atoms with Crippen LogP contribution in [0.25, 0.3) is 52.3 Å². The van der Waals surface area contributed by atoms with Crippen molar-refractivity contribution < 1.29 is 17.6 Å². The fourth-order valence-corrected chi connectivity index (χ4v) is 4.66. The molecule has 0 fully saturated rings. The number of nitriles is 2. The van der Waals surface area contributed by atoms with E-state index in [-0.39, 0.29) is 9.33 Å². The maximum Gasteiger partial charge on any atom is 0.555 e. The van der Waals surface area contributed by atoms with E-state index in [9.17, 15) is 0 Å². The lowest BCUT2D eigenvalue weighted by molar-refractivity contribution is 0.596. The normalized spacial score (nSPS) is 10.5. The minimum absolute atomic E-state index is 0.284. The predicted molar refractivity (Wildman–Crippen MR) is 101 cm³/mol. The molecule has 0 aliphatic rings. The number of rotatable bonds is 0. The third-order valence-electron chi connectivity index (χ3n) is 4.04. The van der Waals surface area contributed by atoms with Gasteiger partial charge in [-0.1, -0.05) is 0 Å². The molecular formula is C18F4N6S2. The van der Waals surface area contributed by atoms with Crippen LogP contribution >= 0.6 is 22.7 Å². The predicted octanol–water partition coefficient (Wildman–Crippen LogP) is 3.72. The van der Waals surface area contributed by atoms with Crippen LogP contribution in [0, 0.1) is 59.1 Å². The number of hydrogen-bond acceptors (Lipinski definition) is 6. The molecule has 30 heavy (non-hydrogen) atoms. The van der Waals surface area contributed by atoms with Gasteiger partial charge in [-0.05, 0) is 0 Å². The van der Waals surface area contributed by atoms with Crippen molar-refractivity contribution in [1.29, 1.82) is 10.5 Å². The third-order valence-corrected chi connectivity index (χ3v) is 6.15. The second kappa shape index (κ2) is 6.75. The summed E-state index contributed by atoms with van der Waals surface area (Å²) >= 11 is 0.908. The Bertz CT molecular complexity index is 1490. The molecular weight excluding hydrogens is 440 g/mol. The number of halogens is 4. The first-order valence-electron chi connectivity index (χ1n) is 7.56.